The first-order valence-corrected chi connectivity index (χ1v) is 7.29. The fourth-order valence-electron chi connectivity index (χ4n) is 2.17. The molecule has 0 spiro atoms. The van der Waals surface area contributed by atoms with E-state index in [-0.39, 0.29) is 12.2 Å². The molecule has 0 bridgehead atoms. The monoisotopic (exact) mass is 316 g/mol. The number of primary amides is 1. The maximum absolute atomic E-state index is 11.2. The summed E-state index contributed by atoms with van der Waals surface area (Å²) in [6, 6.07) is 9.49. The average molecular weight is 316 g/mol. The molecule has 3 N–H and O–H groups in total. The van der Waals surface area contributed by atoms with E-state index in [2.05, 4.69) is 4.98 Å². The number of nitrogens with zero attached hydrogens (tertiary/aromatic N) is 1. The van der Waals surface area contributed by atoms with Crippen LogP contribution in [0.15, 0.2) is 36.5 Å². The fourth-order valence-corrected chi connectivity index (χ4v) is 2.17. The molecule has 0 aliphatic carbocycles. The first-order chi connectivity index (χ1) is 11.1. The second-order valence-corrected chi connectivity index (χ2v) is 4.99. The van der Waals surface area contributed by atoms with Gasteiger partial charge in [-0.15, -0.1) is 0 Å². The molecule has 0 atom stereocenters. The highest BCUT2D eigenvalue weighted by Crippen LogP contribution is 2.25. The number of benzene rings is 1. The molecule has 0 saturated heterocycles. The molecule has 2 aromatic rings. The molecule has 0 aliphatic heterocycles. The molecule has 0 radical (unpaired) electrons. The van der Waals surface area contributed by atoms with Crippen LogP contribution in [-0.4, -0.2) is 36.3 Å². The molecule has 23 heavy (non-hydrogen) atoms. The van der Waals surface area contributed by atoms with Gasteiger partial charge in [-0.05, 0) is 17.5 Å². The number of carbonyl (C=O) groups is 1. The minimum atomic E-state index is -0.568. The Labute approximate surface area is 134 Å². The van der Waals surface area contributed by atoms with Crippen molar-refractivity contribution in [3.05, 3.63) is 53.2 Å². The average Bonchev–Trinajstić information content (AvgIpc) is 2.55. The van der Waals surface area contributed by atoms with Crippen molar-refractivity contribution in [2.75, 3.05) is 20.3 Å². The Morgan fingerprint density at radius 2 is 2.00 bits per heavy atom. The minimum absolute atomic E-state index is 0.128. The highest BCUT2D eigenvalue weighted by Gasteiger charge is 2.10. The number of ether oxygens (including phenoxy) is 2. The van der Waals surface area contributed by atoms with Crippen molar-refractivity contribution in [1.29, 1.82) is 0 Å². The second kappa shape index (κ2) is 8.14. The van der Waals surface area contributed by atoms with E-state index in [9.17, 15) is 4.79 Å². The number of carbonyl (C=O) groups excluding carboxylic acids is 1. The van der Waals surface area contributed by atoms with Crippen molar-refractivity contribution >= 4 is 5.91 Å². The number of amides is 1. The summed E-state index contributed by atoms with van der Waals surface area (Å²) >= 11 is 0. The standard InChI is InChI=1S/C17H20N2O4/c1-22-17-15(10-14(11-19-17)16(18)21)23-8-6-13-4-2-3-12(9-13)5-7-20/h2-4,9-11,20H,5-8H2,1H3,(H2,18,21). The molecule has 1 aromatic carbocycles. The molecule has 1 heterocycles. The number of methoxy groups -OCH3 is 1. The molecule has 0 saturated carbocycles. The fraction of sp³-hybridized carbons (Fsp3) is 0.294. The zero-order chi connectivity index (χ0) is 16.7. The molecular weight excluding hydrogens is 296 g/mol. The van der Waals surface area contributed by atoms with Gasteiger partial charge in [0.2, 0.25) is 5.91 Å². The van der Waals surface area contributed by atoms with Crippen LogP contribution >= 0.6 is 0 Å². The van der Waals surface area contributed by atoms with E-state index in [4.69, 9.17) is 20.3 Å². The summed E-state index contributed by atoms with van der Waals surface area (Å²) in [5.74, 6) is 0.126. The van der Waals surface area contributed by atoms with Gasteiger partial charge in [0.05, 0.1) is 19.3 Å². The summed E-state index contributed by atoms with van der Waals surface area (Å²) in [6.45, 7) is 0.533. The summed E-state index contributed by atoms with van der Waals surface area (Å²) in [6.07, 6.45) is 2.67. The predicted molar refractivity (Wildman–Crippen MR) is 85.7 cm³/mol. The number of rotatable bonds is 8. The molecule has 0 aliphatic rings. The number of nitrogens with two attached hydrogens (primary N) is 1. The largest absolute Gasteiger partial charge is 0.488 e. The van der Waals surface area contributed by atoms with Gasteiger partial charge in [0, 0.05) is 25.3 Å². The van der Waals surface area contributed by atoms with Gasteiger partial charge in [0.15, 0.2) is 5.75 Å². The van der Waals surface area contributed by atoms with E-state index in [1.807, 2.05) is 24.3 Å². The molecule has 1 aromatic heterocycles. The van der Waals surface area contributed by atoms with Gasteiger partial charge in [-0.2, -0.15) is 0 Å². The molecule has 122 valence electrons. The van der Waals surface area contributed by atoms with Gasteiger partial charge in [-0.25, -0.2) is 4.98 Å². The number of aromatic nitrogens is 1. The second-order valence-electron chi connectivity index (χ2n) is 4.99. The third-order valence-corrected chi connectivity index (χ3v) is 3.34. The van der Waals surface area contributed by atoms with Crippen LogP contribution in [0.25, 0.3) is 0 Å². The smallest absolute Gasteiger partial charge is 0.256 e. The van der Waals surface area contributed by atoms with Crippen LogP contribution in [0.3, 0.4) is 0 Å². The predicted octanol–water partition coefficient (Wildman–Crippen LogP) is 1.35. The van der Waals surface area contributed by atoms with E-state index in [0.717, 1.165) is 11.1 Å². The van der Waals surface area contributed by atoms with Crippen molar-refractivity contribution in [2.45, 2.75) is 12.8 Å². The first-order valence-electron chi connectivity index (χ1n) is 7.29. The summed E-state index contributed by atoms with van der Waals surface area (Å²) < 4.78 is 10.8. The summed E-state index contributed by atoms with van der Waals surface area (Å²) in [4.78, 5) is 15.2. The van der Waals surface area contributed by atoms with E-state index in [1.165, 1.54) is 19.4 Å². The zero-order valence-corrected chi connectivity index (χ0v) is 13.0. The molecule has 1 amide bonds. The van der Waals surface area contributed by atoms with Crippen molar-refractivity contribution in [3.8, 4) is 11.6 Å². The number of hydrogen-bond donors (Lipinski definition) is 2. The van der Waals surface area contributed by atoms with E-state index < -0.39 is 5.91 Å². The van der Waals surface area contributed by atoms with Crippen LogP contribution in [0.2, 0.25) is 0 Å². The van der Waals surface area contributed by atoms with Crippen molar-refractivity contribution < 1.29 is 19.4 Å². The van der Waals surface area contributed by atoms with Gasteiger partial charge in [0.25, 0.3) is 5.88 Å². The van der Waals surface area contributed by atoms with Gasteiger partial charge in [-0.3, -0.25) is 4.79 Å². The van der Waals surface area contributed by atoms with Crippen LogP contribution in [0.4, 0.5) is 0 Å². The Bertz CT molecular complexity index is 673. The lowest BCUT2D eigenvalue weighted by atomic mass is 10.1. The highest BCUT2D eigenvalue weighted by atomic mass is 16.5. The summed E-state index contributed by atoms with van der Waals surface area (Å²) in [5.41, 5.74) is 7.70. The number of aliphatic hydroxyl groups is 1. The Morgan fingerprint density at radius 1 is 1.26 bits per heavy atom. The van der Waals surface area contributed by atoms with Crippen LogP contribution in [0, 0.1) is 0 Å². The normalized spacial score (nSPS) is 10.3. The highest BCUT2D eigenvalue weighted by molar-refractivity contribution is 5.92. The number of pyridine rings is 1. The van der Waals surface area contributed by atoms with Gasteiger partial charge >= 0.3 is 0 Å². The van der Waals surface area contributed by atoms with E-state index in [1.54, 1.807) is 0 Å². The van der Waals surface area contributed by atoms with Gasteiger partial charge in [-0.1, -0.05) is 24.3 Å². The molecular formula is C17H20N2O4. The quantitative estimate of drug-likeness (QED) is 0.766. The molecule has 6 nitrogen and oxygen atoms in total. The van der Waals surface area contributed by atoms with Gasteiger partial charge < -0.3 is 20.3 Å². The Balaban J connectivity index is 2.01. The van der Waals surface area contributed by atoms with E-state index >= 15 is 0 Å². The molecule has 0 fully saturated rings. The van der Waals surface area contributed by atoms with Crippen LogP contribution < -0.4 is 15.2 Å². The van der Waals surface area contributed by atoms with E-state index in [0.29, 0.717) is 31.1 Å². The van der Waals surface area contributed by atoms with Crippen LogP contribution in [-0.2, 0) is 12.8 Å². The molecule has 2 rings (SSSR count). The lowest BCUT2D eigenvalue weighted by molar-refractivity contribution is 0.0999. The van der Waals surface area contributed by atoms with Crippen LogP contribution in [0.1, 0.15) is 21.5 Å². The maximum atomic E-state index is 11.2. The topological polar surface area (TPSA) is 94.7 Å². The Hall–Kier alpha value is -2.60. The lowest BCUT2D eigenvalue weighted by Crippen LogP contribution is -2.12. The Kier molecular flexibility index (Phi) is 5.94. The summed E-state index contributed by atoms with van der Waals surface area (Å²) in [5, 5.41) is 8.98. The third-order valence-electron chi connectivity index (χ3n) is 3.34. The maximum Gasteiger partial charge on any atom is 0.256 e. The first kappa shape index (κ1) is 16.8. The van der Waals surface area contributed by atoms with Crippen molar-refractivity contribution in [1.82, 2.24) is 4.98 Å². The van der Waals surface area contributed by atoms with Crippen LogP contribution in [0.5, 0.6) is 11.6 Å². The lowest BCUT2D eigenvalue weighted by Gasteiger charge is -2.11. The zero-order valence-electron chi connectivity index (χ0n) is 13.0. The summed E-state index contributed by atoms with van der Waals surface area (Å²) in [7, 11) is 1.48. The SMILES string of the molecule is COc1ncc(C(N)=O)cc1OCCc1cccc(CCO)c1. The molecule has 0 unspecified atom stereocenters. The Morgan fingerprint density at radius 3 is 2.65 bits per heavy atom. The third kappa shape index (κ3) is 4.69. The molecule has 6 heteroatoms. The minimum Gasteiger partial charge on any atom is -0.488 e. The number of hydrogen-bond acceptors (Lipinski definition) is 5. The van der Waals surface area contributed by atoms with Crippen molar-refractivity contribution in [2.24, 2.45) is 5.73 Å². The van der Waals surface area contributed by atoms with Gasteiger partial charge in [0.1, 0.15) is 0 Å². The van der Waals surface area contributed by atoms with Crippen molar-refractivity contribution in [3.63, 3.8) is 0 Å². The number of aliphatic hydroxyl groups excluding tert-OH is 1.